The first-order valence-corrected chi connectivity index (χ1v) is 5.66. The maximum atomic E-state index is 8.90. The zero-order valence-corrected chi connectivity index (χ0v) is 10.7. The molecule has 0 spiro atoms. The fraction of sp³-hybridized carbons (Fsp3) is 0.462. The van der Waals surface area contributed by atoms with E-state index in [1.165, 1.54) is 0 Å². The van der Waals surface area contributed by atoms with Gasteiger partial charge < -0.3 is 15.0 Å². The van der Waals surface area contributed by atoms with Crippen molar-refractivity contribution in [3.63, 3.8) is 0 Å². The topological polar surface area (TPSA) is 48.3 Å². The van der Waals surface area contributed by atoms with Gasteiger partial charge in [-0.05, 0) is 38.2 Å². The number of ether oxygens (including phenoxy) is 1. The van der Waals surface area contributed by atoms with Crippen molar-refractivity contribution in [3.8, 4) is 11.8 Å². The molecule has 0 unspecified atom stereocenters. The van der Waals surface area contributed by atoms with Gasteiger partial charge in [0.1, 0.15) is 5.75 Å². The van der Waals surface area contributed by atoms with E-state index in [-0.39, 0.29) is 0 Å². The van der Waals surface area contributed by atoms with Gasteiger partial charge >= 0.3 is 0 Å². The summed E-state index contributed by atoms with van der Waals surface area (Å²) in [5, 5.41) is 12.0. The van der Waals surface area contributed by atoms with Gasteiger partial charge in [-0.1, -0.05) is 0 Å². The normalized spacial score (nSPS) is 9.76. The fourth-order valence-electron chi connectivity index (χ4n) is 1.67. The van der Waals surface area contributed by atoms with Gasteiger partial charge in [0.2, 0.25) is 0 Å². The zero-order chi connectivity index (χ0) is 12.7. The number of nitriles is 1. The van der Waals surface area contributed by atoms with Crippen molar-refractivity contribution in [3.05, 3.63) is 23.8 Å². The second-order valence-corrected chi connectivity index (χ2v) is 3.88. The Morgan fingerprint density at radius 1 is 1.47 bits per heavy atom. The maximum Gasteiger partial charge on any atom is 0.142 e. The van der Waals surface area contributed by atoms with Crippen molar-refractivity contribution in [2.24, 2.45) is 0 Å². The highest BCUT2D eigenvalue weighted by Crippen LogP contribution is 2.28. The Morgan fingerprint density at radius 2 is 2.24 bits per heavy atom. The van der Waals surface area contributed by atoms with Crippen LogP contribution in [0.3, 0.4) is 0 Å². The number of rotatable bonds is 6. The molecule has 1 aromatic carbocycles. The SMILES string of the molecule is CNCCCN(C)c1cc(C#N)ccc1OC. The second kappa shape index (κ2) is 6.77. The molecule has 0 aliphatic heterocycles. The summed E-state index contributed by atoms with van der Waals surface area (Å²) in [7, 11) is 5.60. The van der Waals surface area contributed by atoms with E-state index in [9.17, 15) is 0 Å². The van der Waals surface area contributed by atoms with Crippen LogP contribution in [0.1, 0.15) is 12.0 Å². The monoisotopic (exact) mass is 233 g/mol. The van der Waals surface area contributed by atoms with E-state index in [1.54, 1.807) is 13.2 Å². The average molecular weight is 233 g/mol. The summed E-state index contributed by atoms with van der Waals surface area (Å²) in [6, 6.07) is 7.61. The molecular formula is C13H19N3O. The minimum absolute atomic E-state index is 0.654. The molecule has 17 heavy (non-hydrogen) atoms. The van der Waals surface area contributed by atoms with E-state index < -0.39 is 0 Å². The number of benzene rings is 1. The maximum absolute atomic E-state index is 8.90. The molecule has 0 radical (unpaired) electrons. The lowest BCUT2D eigenvalue weighted by Crippen LogP contribution is -2.22. The summed E-state index contributed by atoms with van der Waals surface area (Å²) in [5.41, 5.74) is 1.61. The fourth-order valence-corrected chi connectivity index (χ4v) is 1.67. The van der Waals surface area contributed by atoms with Crippen LogP contribution in [0.5, 0.6) is 5.75 Å². The molecule has 0 atom stereocenters. The van der Waals surface area contributed by atoms with Crippen LogP contribution < -0.4 is 15.0 Å². The van der Waals surface area contributed by atoms with E-state index in [1.807, 2.05) is 26.2 Å². The number of methoxy groups -OCH3 is 1. The van der Waals surface area contributed by atoms with Crippen LogP contribution in [0.4, 0.5) is 5.69 Å². The van der Waals surface area contributed by atoms with Crippen molar-refractivity contribution >= 4 is 5.69 Å². The Hall–Kier alpha value is -1.73. The first-order valence-electron chi connectivity index (χ1n) is 5.66. The number of nitrogens with one attached hydrogen (secondary N) is 1. The average Bonchev–Trinajstić information content (AvgIpc) is 2.38. The molecule has 0 aliphatic rings. The Labute approximate surface area is 103 Å². The van der Waals surface area contributed by atoms with Crippen LogP contribution in [0.2, 0.25) is 0 Å². The minimum Gasteiger partial charge on any atom is -0.495 e. The lowest BCUT2D eigenvalue weighted by molar-refractivity contribution is 0.414. The van der Waals surface area contributed by atoms with E-state index >= 15 is 0 Å². The second-order valence-electron chi connectivity index (χ2n) is 3.88. The predicted molar refractivity (Wildman–Crippen MR) is 69.5 cm³/mol. The van der Waals surface area contributed by atoms with Gasteiger partial charge in [0.05, 0.1) is 24.4 Å². The van der Waals surface area contributed by atoms with Gasteiger partial charge in [0, 0.05) is 13.6 Å². The third-order valence-electron chi connectivity index (χ3n) is 2.64. The van der Waals surface area contributed by atoms with E-state index in [0.717, 1.165) is 30.9 Å². The van der Waals surface area contributed by atoms with Crippen molar-refractivity contribution in [1.82, 2.24) is 5.32 Å². The largest absolute Gasteiger partial charge is 0.495 e. The van der Waals surface area contributed by atoms with Crippen molar-refractivity contribution < 1.29 is 4.74 Å². The van der Waals surface area contributed by atoms with Crippen molar-refractivity contribution in [1.29, 1.82) is 5.26 Å². The molecule has 0 fully saturated rings. The quantitative estimate of drug-likeness (QED) is 0.758. The number of anilines is 1. The lowest BCUT2D eigenvalue weighted by Gasteiger charge is -2.21. The molecule has 1 rings (SSSR count). The number of hydrogen-bond acceptors (Lipinski definition) is 4. The van der Waals surface area contributed by atoms with Crippen LogP contribution in [0, 0.1) is 11.3 Å². The summed E-state index contributed by atoms with van der Waals surface area (Å²) in [5.74, 6) is 0.802. The molecule has 0 bridgehead atoms. The molecule has 0 aliphatic carbocycles. The van der Waals surface area contributed by atoms with E-state index in [0.29, 0.717) is 5.56 Å². The van der Waals surface area contributed by atoms with Crippen LogP contribution >= 0.6 is 0 Å². The van der Waals surface area contributed by atoms with Crippen LogP contribution in [0.15, 0.2) is 18.2 Å². The third kappa shape index (κ3) is 3.65. The lowest BCUT2D eigenvalue weighted by atomic mass is 10.2. The molecule has 0 heterocycles. The van der Waals surface area contributed by atoms with Gasteiger partial charge in [-0.15, -0.1) is 0 Å². The van der Waals surface area contributed by atoms with Gasteiger partial charge in [0.25, 0.3) is 0 Å². The Kier molecular flexibility index (Phi) is 5.31. The molecular weight excluding hydrogens is 214 g/mol. The van der Waals surface area contributed by atoms with Gasteiger partial charge in [0.15, 0.2) is 0 Å². The predicted octanol–water partition coefficient (Wildman–Crippen LogP) is 1.61. The Bertz CT molecular complexity index is 398. The molecule has 4 nitrogen and oxygen atoms in total. The standard InChI is InChI=1S/C13H19N3O/c1-15-7-4-8-16(2)12-9-11(10-14)5-6-13(12)17-3/h5-6,9,15H,4,7-8H2,1-3H3. The van der Waals surface area contributed by atoms with Gasteiger partial charge in [-0.3, -0.25) is 0 Å². The molecule has 0 saturated heterocycles. The van der Waals surface area contributed by atoms with Crippen LogP contribution in [-0.4, -0.2) is 34.3 Å². The number of hydrogen-bond donors (Lipinski definition) is 1. The Morgan fingerprint density at radius 3 is 2.82 bits per heavy atom. The zero-order valence-electron chi connectivity index (χ0n) is 10.7. The Balaban J connectivity index is 2.82. The smallest absolute Gasteiger partial charge is 0.142 e. The first kappa shape index (κ1) is 13.3. The van der Waals surface area contributed by atoms with Crippen LogP contribution in [0.25, 0.3) is 0 Å². The molecule has 0 amide bonds. The van der Waals surface area contributed by atoms with Crippen molar-refractivity contribution in [2.45, 2.75) is 6.42 Å². The van der Waals surface area contributed by atoms with Gasteiger partial charge in [-0.2, -0.15) is 5.26 Å². The summed E-state index contributed by atoms with van der Waals surface area (Å²) >= 11 is 0. The highest BCUT2D eigenvalue weighted by atomic mass is 16.5. The summed E-state index contributed by atoms with van der Waals surface area (Å²) in [4.78, 5) is 2.11. The number of nitrogens with zero attached hydrogens (tertiary/aromatic N) is 2. The highest BCUT2D eigenvalue weighted by Gasteiger charge is 2.08. The van der Waals surface area contributed by atoms with E-state index in [4.69, 9.17) is 10.00 Å². The molecule has 1 aromatic rings. The summed E-state index contributed by atoms with van der Waals surface area (Å²) in [6.07, 6.45) is 1.05. The van der Waals surface area contributed by atoms with E-state index in [2.05, 4.69) is 16.3 Å². The first-order chi connectivity index (χ1) is 8.22. The highest BCUT2D eigenvalue weighted by molar-refractivity contribution is 5.61. The third-order valence-corrected chi connectivity index (χ3v) is 2.64. The minimum atomic E-state index is 0.654. The summed E-state index contributed by atoms with van der Waals surface area (Å²) in [6.45, 7) is 1.90. The molecule has 92 valence electrons. The molecule has 0 saturated carbocycles. The summed E-state index contributed by atoms with van der Waals surface area (Å²) < 4.78 is 5.31. The molecule has 4 heteroatoms. The van der Waals surface area contributed by atoms with Crippen molar-refractivity contribution in [2.75, 3.05) is 39.2 Å². The van der Waals surface area contributed by atoms with Crippen LogP contribution in [-0.2, 0) is 0 Å². The molecule has 0 aromatic heterocycles. The van der Waals surface area contributed by atoms with Gasteiger partial charge in [-0.25, -0.2) is 0 Å². The molecule has 1 N–H and O–H groups in total.